The summed E-state index contributed by atoms with van der Waals surface area (Å²) in [6, 6.07) is 0. The lowest BCUT2D eigenvalue weighted by atomic mass is 10.1. The van der Waals surface area contributed by atoms with Crippen LogP contribution in [0.1, 0.15) is 0 Å². The first-order valence-electron chi connectivity index (χ1n) is 3.81. The molecule has 0 bridgehead atoms. The van der Waals surface area contributed by atoms with Gasteiger partial charge in [-0.25, -0.2) is 4.79 Å². The Hall–Kier alpha value is -1.24. The summed E-state index contributed by atoms with van der Waals surface area (Å²) in [4.78, 5) is 21.2. The first-order chi connectivity index (χ1) is 6.52. The van der Waals surface area contributed by atoms with Crippen molar-refractivity contribution >= 4 is 11.8 Å². The van der Waals surface area contributed by atoms with Crippen molar-refractivity contribution in [2.24, 2.45) is 0 Å². The van der Waals surface area contributed by atoms with E-state index >= 15 is 0 Å². The van der Waals surface area contributed by atoms with Gasteiger partial charge in [-0.15, -0.1) is 0 Å². The molecule has 0 amide bonds. The van der Waals surface area contributed by atoms with E-state index in [-0.39, 0.29) is 0 Å². The van der Waals surface area contributed by atoms with Crippen molar-refractivity contribution in [3.8, 4) is 0 Å². The number of hydrogen-bond acceptors (Lipinski definition) is 6. The van der Waals surface area contributed by atoms with E-state index in [0.717, 1.165) is 6.08 Å². The zero-order valence-corrected chi connectivity index (χ0v) is 7.42. The molecule has 0 radical (unpaired) electrons. The predicted molar refractivity (Wildman–Crippen MR) is 45.3 cm³/mol. The van der Waals surface area contributed by atoms with Crippen molar-refractivity contribution in [3.05, 3.63) is 12.7 Å². The van der Waals surface area contributed by atoms with Crippen LogP contribution in [0.4, 0.5) is 0 Å². The summed E-state index contributed by atoms with van der Waals surface area (Å²) in [5.74, 6) is -1.71. The quantitative estimate of drug-likeness (QED) is 0.341. The van der Waals surface area contributed by atoms with Gasteiger partial charge in [0.1, 0.15) is 25.4 Å². The summed E-state index contributed by atoms with van der Waals surface area (Å²) in [6.45, 7) is 1.70. The number of ketones is 1. The highest BCUT2D eigenvalue weighted by Gasteiger charge is 2.24. The molecular formula is C8H12O6. The van der Waals surface area contributed by atoms with Crippen molar-refractivity contribution in [1.82, 2.24) is 0 Å². The van der Waals surface area contributed by atoms with Gasteiger partial charge in [0.05, 0.1) is 0 Å². The molecule has 0 fully saturated rings. The van der Waals surface area contributed by atoms with E-state index in [2.05, 4.69) is 11.3 Å². The zero-order chi connectivity index (χ0) is 11.1. The summed E-state index contributed by atoms with van der Waals surface area (Å²) >= 11 is 0. The molecule has 0 unspecified atom stereocenters. The number of aliphatic hydroxyl groups excluding tert-OH is 3. The number of carbonyl (C=O) groups is 2. The molecule has 0 heterocycles. The second-order valence-corrected chi connectivity index (χ2v) is 2.47. The van der Waals surface area contributed by atoms with Gasteiger partial charge < -0.3 is 20.1 Å². The Balaban J connectivity index is 3.95. The topological polar surface area (TPSA) is 104 Å². The number of ether oxygens (including phenoxy) is 1. The predicted octanol–water partition coefficient (Wildman–Crippen LogP) is -2.00. The highest BCUT2D eigenvalue weighted by Crippen LogP contribution is 1.96. The summed E-state index contributed by atoms with van der Waals surface area (Å²) < 4.78 is 4.37. The summed E-state index contributed by atoms with van der Waals surface area (Å²) in [5.41, 5.74) is 0. The molecule has 6 nitrogen and oxygen atoms in total. The Morgan fingerprint density at radius 2 is 2.00 bits per heavy atom. The Labute approximate surface area is 80.4 Å². The number of rotatable bonds is 6. The number of carbonyl (C=O) groups excluding carboxylic acids is 2. The fraction of sp³-hybridized carbons (Fsp3) is 0.500. The van der Waals surface area contributed by atoms with Crippen molar-refractivity contribution in [1.29, 1.82) is 0 Å². The van der Waals surface area contributed by atoms with E-state index < -0.39 is 37.2 Å². The number of aliphatic hydroxyl groups is 3. The Bertz CT molecular complexity index is 224. The van der Waals surface area contributed by atoms with Crippen LogP contribution in [-0.4, -0.2) is 52.5 Å². The third-order valence-corrected chi connectivity index (χ3v) is 1.41. The second kappa shape index (κ2) is 6.25. The maximum Gasteiger partial charge on any atom is 0.330 e. The summed E-state index contributed by atoms with van der Waals surface area (Å²) in [7, 11) is 0. The van der Waals surface area contributed by atoms with E-state index in [1.54, 1.807) is 0 Å². The molecule has 0 aliphatic heterocycles. The molecule has 14 heavy (non-hydrogen) atoms. The maximum absolute atomic E-state index is 10.6. The van der Waals surface area contributed by atoms with Crippen LogP contribution in [0.2, 0.25) is 0 Å². The van der Waals surface area contributed by atoms with Crippen LogP contribution in [0.15, 0.2) is 12.7 Å². The molecule has 3 N–H and O–H groups in total. The SMILES string of the molecule is C=CC(=O)OC[C@@H](O)[C@@H](O)C(=O)CO. The third kappa shape index (κ3) is 4.13. The molecule has 0 aromatic carbocycles. The Morgan fingerprint density at radius 1 is 1.43 bits per heavy atom. The van der Waals surface area contributed by atoms with Crippen LogP contribution in [0.25, 0.3) is 0 Å². The van der Waals surface area contributed by atoms with Gasteiger partial charge in [0.2, 0.25) is 0 Å². The average molecular weight is 204 g/mol. The van der Waals surface area contributed by atoms with E-state index in [4.69, 9.17) is 15.3 Å². The standard InChI is InChI=1S/C8H12O6/c1-2-7(12)14-4-6(11)8(13)5(10)3-9/h2,6,8-9,11,13H,1,3-4H2/t6-,8+/m1/s1. The van der Waals surface area contributed by atoms with Gasteiger partial charge in [0.25, 0.3) is 0 Å². The molecule has 0 aromatic rings. The Kier molecular flexibility index (Phi) is 5.70. The van der Waals surface area contributed by atoms with E-state index in [1.807, 2.05) is 0 Å². The molecule has 2 atom stereocenters. The number of esters is 1. The second-order valence-electron chi connectivity index (χ2n) is 2.47. The van der Waals surface area contributed by atoms with Gasteiger partial charge in [-0.1, -0.05) is 6.58 Å². The highest BCUT2D eigenvalue weighted by molar-refractivity contribution is 5.84. The monoisotopic (exact) mass is 204 g/mol. The van der Waals surface area contributed by atoms with Crippen molar-refractivity contribution in [2.45, 2.75) is 12.2 Å². The normalized spacial score (nSPS) is 14.2. The summed E-state index contributed by atoms with van der Waals surface area (Å²) in [5, 5.41) is 26.4. The van der Waals surface area contributed by atoms with Gasteiger partial charge in [0.15, 0.2) is 5.78 Å². The minimum atomic E-state index is -1.75. The molecule has 0 spiro atoms. The zero-order valence-electron chi connectivity index (χ0n) is 7.42. The highest BCUT2D eigenvalue weighted by atomic mass is 16.5. The maximum atomic E-state index is 10.6. The average Bonchev–Trinajstić information content (AvgIpc) is 2.22. The van der Waals surface area contributed by atoms with E-state index in [9.17, 15) is 9.59 Å². The van der Waals surface area contributed by atoms with E-state index in [1.165, 1.54) is 0 Å². The van der Waals surface area contributed by atoms with Gasteiger partial charge in [-0.05, 0) is 0 Å². The fourth-order valence-electron chi connectivity index (χ4n) is 0.626. The van der Waals surface area contributed by atoms with Crippen LogP contribution in [0, 0.1) is 0 Å². The van der Waals surface area contributed by atoms with Crippen LogP contribution in [0.3, 0.4) is 0 Å². The first kappa shape index (κ1) is 12.8. The molecule has 0 aliphatic carbocycles. The van der Waals surface area contributed by atoms with Gasteiger partial charge in [0, 0.05) is 6.08 Å². The molecule has 0 aliphatic rings. The Morgan fingerprint density at radius 3 is 2.43 bits per heavy atom. The van der Waals surface area contributed by atoms with Crippen molar-refractivity contribution in [2.75, 3.05) is 13.2 Å². The van der Waals surface area contributed by atoms with Gasteiger partial charge >= 0.3 is 5.97 Å². The lowest BCUT2D eigenvalue weighted by molar-refractivity contribution is -0.148. The lowest BCUT2D eigenvalue weighted by Gasteiger charge is -2.14. The number of hydrogen-bond donors (Lipinski definition) is 3. The smallest absolute Gasteiger partial charge is 0.330 e. The fourth-order valence-corrected chi connectivity index (χ4v) is 0.626. The van der Waals surface area contributed by atoms with Gasteiger partial charge in [-0.2, -0.15) is 0 Å². The number of Topliss-reactive ketones (excluding diaryl/α,β-unsaturated/α-hetero) is 1. The molecule has 6 heteroatoms. The molecule has 0 rings (SSSR count). The van der Waals surface area contributed by atoms with Crippen LogP contribution >= 0.6 is 0 Å². The van der Waals surface area contributed by atoms with Crippen molar-refractivity contribution < 1.29 is 29.6 Å². The minimum absolute atomic E-state index is 0.530. The largest absolute Gasteiger partial charge is 0.460 e. The van der Waals surface area contributed by atoms with E-state index in [0.29, 0.717) is 0 Å². The first-order valence-corrected chi connectivity index (χ1v) is 3.81. The molecule has 0 aromatic heterocycles. The molecular weight excluding hydrogens is 192 g/mol. The van der Waals surface area contributed by atoms with Crippen LogP contribution in [-0.2, 0) is 14.3 Å². The van der Waals surface area contributed by atoms with Crippen molar-refractivity contribution in [3.63, 3.8) is 0 Å². The lowest BCUT2D eigenvalue weighted by Crippen LogP contribution is -2.39. The van der Waals surface area contributed by atoms with Crippen LogP contribution < -0.4 is 0 Å². The van der Waals surface area contributed by atoms with Crippen LogP contribution in [0.5, 0.6) is 0 Å². The summed E-state index contributed by atoms with van der Waals surface area (Å²) in [6.07, 6.45) is -2.41. The molecule has 0 saturated carbocycles. The molecule has 0 saturated heterocycles. The molecule has 80 valence electrons. The van der Waals surface area contributed by atoms with Gasteiger partial charge in [-0.3, -0.25) is 4.79 Å². The minimum Gasteiger partial charge on any atom is -0.460 e. The third-order valence-electron chi connectivity index (χ3n) is 1.41.